The highest BCUT2D eigenvalue weighted by molar-refractivity contribution is 8.00. The molecule has 94 valence electrons. The molecule has 0 bridgehead atoms. The molecule has 1 aromatic carbocycles. The van der Waals surface area contributed by atoms with E-state index in [9.17, 15) is 10.1 Å². The molecule has 0 aliphatic heterocycles. The molecule has 0 fully saturated rings. The number of methoxy groups -OCH3 is 1. The van der Waals surface area contributed by atoms with E-state index < -0.39 is 4.92 Å². The molecule has 17 heavy (non-hydrogen) atoms. The summed E-state index contributed by atoms with van der Waals surface area (Å²) < 4.78 is 5.02. The SMILES string of the molecule is COc1cc(SC(C)CCO)cc([N+](=O)[O-])c1. The fourth-order valence-electron chi connectivity index (χ4n) is 1.32. The van der Waals surface area contributed by atoms with Gasteiger partial charge in [-0.15, -0.1) is 11.8 Å². The van der Waals surface area contributed by atoms with Gasteiger partial charge in [-0.05, 0) is 12.5 Å². The Morgan fingerprint density at radius 3 is 2.76 bits per heavy atom. The van der Waals surface area contributed by atoms with Gasteiger partial charge in [0.1, 0.15) is 5.75 Å². The molecule has 1 aromatic rings. The van der Waals surface area contributed by atoms with Gasteiger partial charge in [0.05, 0.1) is 18.1 Å². The normalized spacial score (nSPS) is 12.2. The van der Waals surface area contributed by atoms with Crippen molar-refractivity contribution in [2.75, 3.05) is 13.7 Å². The highest BCUT2D eigenvalue weighted by Crippen LogP contribution is 2.32. The Kier molecular flexibility index (Phi) is 5.24. The maximum Gasteiger partial charge on any atom is 0.274 e. The average Bonchev–Trinajstić information content (AvgIpc) is 2.28. The van der Waals surface area contributed by atoms with Crippen molar-refractivity contribution in [1.82, 2.24) is 0 Å². The van der Waals surface area contributed by atoms with Crippen molar-refractivity contribution in [2.24, 2.45) is 0 Å². The largest absolute Gasteiger partial charge is 0.496 e. The predicted octanol–water partition coefficient (Wildman–Crippen LogP) is 2.47. The number of ether oxygens (including phenoxy) is 1. The lowest BCUT2D eigenvalue weighted by Crippen LogP contribution is -1.99. The Morgan fingerprint density at radius 2 is 2.24 bits per heavy atom. The van der Waals surface area contributed by atoms with E-state index in [1.165, 1.54) is 31.0 Å². The van der Waals surface area contributed by atoms with Gasteiger partial charge in [-0.3, -0.25) is 10.1 Å². The van der Waals surface area contributed by atoms with Crippen molar-refractivity contribution in [1.29, 1.82) is 0 Å². The number of benzene rings is 1. The molecule has 0 heterocycles. The van der Waals surface area contributed by atoms with Crippen LogP contribution < -0.4 is 4.74 Å². The minimum atomic E-state index is -0.441. The third-order valence-corrected chi connectivity index (χ3v) is 3.33. The maximum absolute atomic E-state index is 10.7. The van der Waals surface area contributed by atoms with Crippen LogP contribution in [0.25, 0.3) is 0 Å². The summed E-state index contributed by atoms with van der Waals surface area (Å²) in [5, 5.41) is 19.7. The lowest BCUT2D eigenvalue weighted by molar-refractivity contribution is -0.385. The molecule has 0 radical (unpaired) electrons. The molecule has 0 aliphatic rings. The first-order valence-electron chi connectivity index (χ1n) is 5.17. The smallest absolute Gasteiger partial charge is 0.274 e. The molecule has 1 N–H and O–H groups in total. The summed E-state index contributed by atoms with van der Waals surface area (Å²) in [7, 11) is 1.48. The second-order valence-electron chi connectivity index (χ2n) is 3.56. The highest BCUT2D eigenvalue weighted by atomic mass is 32.2. The Balaban J connectivity index is 2.90. The van der Waals surface area contributed by atoms with Crippen LogP contribution in [0.3, 0.4) is 0 Å². The summed E-state index contributed by atoms with van der Waals surface area (Å²) in [5.74, 6) is 0.470. The van der Waals surface area contributed by atoms with Crippen LogP contribution in [0.1, 0.15) is 13.3 Å². The molecule has 6 heteroatoms. The molecule has 0 spiro atoms. The van der Waals surface area contributed by atoms with E-state index in [2.05, 4.69) is 0 Å². The lowest BCUT2D eigenvalue weighted by atomic mass is 10.3. The zero-order valence-electron chi connectivity index (χ0n) is 9.75. The van der Waals surface area contributed by atoms with E-state index in [0.717, 1.165) is 4.90 Å². The first-order valence-corrected chi connectivity index (χ1v) is 6.05. The number of non-ortho nitro benzene ring substituents is 1. The first kappa shape index (κ1) is 13.8. The van der Waals surface area contributed by atoms with E-state index in [-0.39, 0.29) is 17.5 Å². The molecule has 5 nitrogen and oxygen atoms in total. The summed E-state index contributed by atoms with van der Waals surface area (Å²) in [6.07, 6.45) is 0.648. The monoisotopic (exact) mass is 257 g/mol. The second-order valence-corrected chi connectivity index (χ2v) is 5.08. The molecular weight excluding hydrogens is 242 g/mol. The van der Waals surface area contributed by atoms with Crippen molar-refractivity contribution < 1.29 is 14.8 Å². The van der Waals surface area contributed by atoms with Crippen LogP contribution in [-0.4, -0.2) is 29.0 Å². The summed E-state index contributed by atoms with van der Waals surface area (Å²) in [4.78, 5) is 11.1. The van der Waals surface area contributed by atoms with Crippen LogP contribution in [0.2, 0.25) is 0 Å². The van der Waals surface area contributed by atoms with Gasteiger partial charge >= 0.3 is 0 Å². The third kappa shape index (κ3) is 4.24. The standard InChI is InChI=1S/C11H15NO4S/c1-8(3-4-13)17-11-6-9(12(14)15)5-10(7-11)16-2/h5-8,13H,3-4H2,1-2H3. The molecule has 1 unspecified atom stereocenters. The van der Waals surface area contributed by atoms with E-state index in [0.29, 0.717) is 12.2 Å². The Hall–Kier alpha value is -1.27. The van der Waals surface area contributed by atoms with Gasteiger partial charge in [0, 0.05) is 22.8 Å². The predicted molar refractivity (Wildman–Crippen MR) is 66.7 cm³/mol. The summed E-state index contributed by atoms with van der Waals surface area (Å²) in [5.41, 5.74) is 0.0167. The number of rotatable bonds is 6. The quantitative estimate of drug-likeness (QED) is 0.481. The molecule has 0 saturated heterocycles. The second kappa shape index (κ2) is 6.46. The number of aliphatic hydroxyl groups is 1. The minimum Gasteiger partial charge on any atom is -0.496 e. The van der Waals surface area contributed by atoms with Crippen molar-refractivity contribution in [3.05, 3.63) is 28.3 Å². The molecular formula is C11H15NO4S. The molecule has 1 rings (SSSR count). The van der Waals surface area contributed by atoms with Gasteiger partial charge in [-0.1, -0.05) is 6.92 Å². The van der Waals surface area contributed by atoms with Gasteiger partial charge in [0.2, 0.25) is 0 Å². The number of aliphatic hydroxyl groups excluding tert-OH is 1. The third-order valence-electron chi connectivity index (χ3n) is 2.18. The molecule has 0 aromatic heterocycles. The fraction of sp³-hybridized carbons (Fsp3) is 0.455. The van der Waals surface area contributed by atoms with Crippen LogP contribution in [-0.2, 0) is 0 Å². The van der Waals surface area contributed by atoms with Gasteiger partial charge in [-0.2, -0.15) is 0 Å². The van der Waals surface area contributed by atoms with E-state index in [1.54, 1.807) is 6.07 Å². The number of thioether (sulfide) groups is 1. The number of nitro benzene ring substituents is 1. The molecule has 0 amide bonds. The van der Waals surface area contributed by atoms with Crippen LogP contribution in [0.15, 0.2) is 23.1 Å². The van der Waals surface area contributed by atoms with E-state index in [4.69, 9.17) is 9.84 Å². The first-order chi connectivity index (χ1) is 8.06. The van der Waals surface area contributed by atoms with Crippen molar-refractivity contribution in [2.45, 2.75) is 23.5 Å². The van der Waals surface area contributed by atoms with Gasteiger partial charge in [-0.25, -0.2) is 0 Å². The van der Waals surface area contributed by atoms with Crippen molar-refractivity contribution in [3.63, 3.8) is 0 Å². The number of nitrogens with zero attached hydrogens (tertiary/aromatic N) is 1. The zero-order chi connectivity index (χ0) is 12.8. The number of hydrogen-bond donors (Lipinski definition) is 1. The molecule has 0 aliphatic carbocycles. The van der Waals surface area contributed by atoms with Crippen molar-refractivity contribution in [3.8, 4) is 5.75 Å². The van der Waals surface area contributed by atoms with E-state index in [1.807, 2.05) is 6.92 Å². The summed E-state index contributed by atoms with van der Waals surface area (Å²) in [6, 6.07) is 4.66. The van der Waals surface area contributed by atoms with Crippen LogP contribution in [0, 0.1) is 10.1 Å². The summed E-state index contributed by atoms with van der Waals surface area (Å²) >= 11 is 1.48. The van der Waals surface area contributed by atoms with Crippen LogP contribution in [0.5, 0.6) is 5.75 Å². The maximum atomic E-state index is 10.7. The number of nitro groups is 1. The van der Waals surface area contributed by atoms with Crippen LogP contribution in [0.4, 0.5) is 5.69 Å². The highest BCUT2D eigenvalue weighted by Gasteiger charge is 2.12. The van der Waals surface area contributed by atoms with Gasteiger partial charge in [0.25, 0.3) is 5.69 Å². The lowest BCUT2D eigenvalue weighted by Gasteiger charge is -2.10. The summed E-state index contributed by atoms with van der Waals surface area (Å²) in [6.45, 7) is 2.08. The minimum absolute atomic E-state index is 0.0167. The molecule has 1 atom stereocenters. The van der Waals surface area contributed by atoms with Crippen LogP contribution >= 0.6 is 11.8 Å². The molecule has 0 saturated carbocycles. The Bertz CT molecular complexity index is 397. The topological polar surface area (TPSA) is 72.6 Å². The fourth-order valence-corrected chi connectivity index (χ4v) is 2.38. The number of hydrogen-bond acceptors (Lipinski definition) is 5. The van der Waals surface area contributed by atoms with Crippen molar-refractivity contribution >= 4 is 17.4 Å². The van der Waals surface area contributed by atoms with E-state index >= 15 is 0 Å². The Labute approximate surface area is 104 Å². The van der Waals surface area contributed by atoms with Gasteiger partial charge in [0.15, 0.2) is 0 Å². The Morgan fingerprint density at radius 1 is 1.53 bits per heavy atom. The average molecular weight is 257 g/mol. The van der Waals surface area contributed by atoms with Gasteiger partial charge < -0.3 is 9.84 Å². The zero-order valence-corrected chi connectivity index (χ0v) is 10.6.